The quantitative estimate of drug-likeness (QED) is 0.783. The number of hydrogen-bond acceptors (Lipinski definition) is 3. The van der Waals surface area contributed by atoms with Crippen molar-refractivity contribution in [3.8, 4) is 0 Å². The molecule has 74 valence electrons. The van der Waals surface area contributed by atoms with Crippen molar-refractivity contribution in [2.24, 2.45) is 5.73 Å². The van der Waals surface area contributed by atoms with Crippen LogP contribution < -0.4 is 5.73 Å². The van der Waals surface area contributed by atoms with Crippen molar-refractivity contribution in [3.63, 3.8) is 0 Å². The highest BCUT2D eigenvalue weighted by Gasteiger charge is 2.01. The Kier molecular flexibility index (Phi) is 4.42. The standard InChI is InChI=1S/C10H18N2S/c1-9(11)3-5-12(2)7-10-4-6-13-8-10/h4,6,8-9H,3,5,7,11H2,1-2H3. The molecular weight excluding hydrogens is 180 g/mol. The van der Waals surface area contributed by atoms with Crippen LogP contribution >= 0.6 is 11.3 Å². The number of hydrogen-bond donors (Lipinski definition) is 1. The highest BCUT2D eigenvalue weighted by Crippen LogP contribution is 2.08. The molecule has 0 fully saturated rings. The van der Waals surface area contributed by atoms with E-state index >= 15 is 0 Å². The van der Waals surface area contributed by atoms with E-state index in [1.165, 1.54) is 5.56 Å². The molecule has 0 aliphatic carbocycles. The Hall–Kier alpha value is -0.380. The minimum absolute atomic E-state index is 0.310. The molecule has 1 unspecified atom stereocenters. The molecule has 1 aromatic rings. The summed E-state index contributed by atoms with van der Waals surface area (Å²) in [6.45, 7) is 4.17. The smallest absolute Gasteiger partial charge is 0.0238 e. The van der Waals surface area contributed by atoms with E-state index in [0.717, 1.165) is 19.5 Å². The summed E-state index contributed by atoms with van der Waals surface area (Å²) in [5.41, 5.74) is 7.09. The molecule has 0 spiro atoms. The number of thiophene rings is 1. The Morgan fingerprint density at radius 2 is 2.38 bits per heavy atom. The summed E-state index contributed by atoms with van der Waals surface area (Å²) in [5, 5.41) is 4.32. The van der Waals surface area contributed by atoms with E-state index in [-0.39, 0.29) is 0 Å². The Labute approximate surface area is 84.4 Å². The molecule has 13 heavy (non-hydrogen) atoms. The maximum absolute atomic E-state index is 5.69. The first-order valence-electron chi connectivity index (χ1n) is 4.63. The first-order chi connectivity index (χ1) is 6.18. The predicted molar refractivity (Wildman–Crippen MR) is 58.9 cm³/mol. The second kappa shape index (κ2) is 5.37. The van der Waals surface area contributed by atoms with Crippen molar-refractivity contribution < 1.29 is 0 Å². The van der Waals surface area contributed by atoms with Gasteiger partial charge in [-0.1, -0.05) is 0 Å². The van der Waals surface area contributed by atoms with Crippen LogP contribution in [-0.4, -0.2) is 24.5 Å². The van der Waals surface area contributed by atoms with Crippen LogP contribution in [0.1, 0.15) is 18.9 Å². The maximum Gasteiger partial charge on any atom is 0.0238 e. The van der Waals surface area contributed by atoms with Gasteiger partial charge in [-0.15, -0.1) is 0 Å². The summed E-state index contributed by atoms with van der Waals surface area (Å²) in [4.78, 5) is 2.31. The van der Waals surface area contributed by atoms with Crippen LogP contribution in [0.3, 0.4) is 0 Å². The highest BCUT2D eigenvalue weighted by atomic mass is 32.1. The molecule has 1 atom stereocenters. The predicted octanol–water partition coefficient (Wildman–Crippen LogP) is 1.92. The Morgan fingerprint density at radius 1 is 1.62 bits per heavy atom. The van der Waals surface area contributed by atoms with Gasteiger partial charge in [0.2, 0.25) is 0 Å². The Balaban J connectivity index is 2.22. The van der Waals surface area contributed by atoms with Crippen molar-refractivity contribution in [1.29, 1.82) is 0 Å². The van der Waals surface area contributed by atoms with Gasteiger partial charge in [-0.3, -0.25) is 0 Å². The van der Waals surface area contributed by atoms with Crippen LogP contribution in [0.25, 0.3) is 0 Å². The van der Waals surface area contributed by atoms with Crippen molar-refractivity contribution in [3.05, 3.63) is 22.4 Å². The molecule has 0 radical (unpaired) electrons. The second-order valence-electron chi connectivity index (χ2n) is 3.64. The number of nitrogens with zero attached hydrogens (tertiary/aromatic N) is 1. The lowest BCUT2D eigenvalue weighted by Gasteiger charge is -2.16. The van der Waals surface area contributed by atoms with Crippen LogP contribution in [-0.2, 0) is 6.54 Å². The third-order valence-electron chi connectivity index (χ3n) is 2.00. The number of rotatable bonds is 5. The van der Waals surface area contributed by atoms with Gasteiger partial charge in [-0.2, -0.15) is 11.3 Å². The molecule has 0 bridgehead atoms. The zero-order valence-electron chi connectivity index (χ0n) is 8.36. The third-order valence-corrected chi connectivity index (χ3v) is 2.73. The van der Waals surface area contributed by atoms with Crippen LogP contribution in [0.2, 0.25) is 0 Å². The Morgan fingerprint density at radius 3 is 2.92 bits per heavy atom. The molecular formula is C10H18N2S. The van der Waals surface area contributed by atoms with Crippen molar-refractivity contribution >= 4 is 11.3 Å². The van der Waals surface area contributed by atoms with Gasteiger partial charge in [0.15, 0.2) is 0 Å². The van der Waals surface area contributed by atoms with Gasteiger partial charge in [0.25, 0.3) is 0 Å². The van der Waals surface area contributed by atoms with Gasteiger partial charge < -0.3 is 10.6 Å². The summed E-state index contributed by atoms with van der Waals surface area (Å²) in [6.07, 6.45) is 1.07. The van der Waals surface area contributed by atoms with Gasteiger partial charge in [0, 0.05) is 12.6 Å². The zero-order valence-corrected chi connectivity index (χ0v) is 9.18. The fraction of sp³-hybridized carbons (Fsp3) is 0.600. The average Bonchev–Trinajstić information content (AvgIpc) is 2.53. The van der Waals surface area contributed by atoms with Gasteiger partial charge in [0.05, 0.1) is 0 Å². The van der Waals surface area contributed by atoms with Crippen LogP contribution in [0, 0.1) is 0 Å². The molecule has 0 aromatic carbocycles. The molecule has 1 aromatic heterocycles. The van der Waals surface area contributed by atoms with E-state index in [1.54, 1.807) is 11.3 Å². The highest BCUT2D eigenvalue weighted by molar-refractivity contribution is 7.07. The average molecular weight is 198 g/mol. The molecule has 0 saturated carbocycles. The lowest BCUT2D eigenvalue weighted by atomic mass is 10.2. The van der Waals surface area contributed by atoms with Crippen LogP contribution in [0.15, 0.2) is 16.8 Å². The fourth-order valence-electron chi connectivity index (χ4n) is 1.20. The van der Waals surface area contributed by atoms with Crippen molar-refractivity contribution in [2.45, 2.75) is 25.9 Å². The molecule has 3 heteroatoms. The maximum atomic E-state index is 5.69. The molecule has 0 aliphatic heterocycles. The lowest BCUT2D eigenvalue weighted by Crippen LogP contribution is -2.25. The second-order valence-corrected chi connectivity index (χ2v) is 4.42. The van der Waals surface area contributed by atoms with Gasteiger partial charge in [-0.25, -0.2) is 0 Å². The van der Waals surface area contributed by atoms with E-state index in [0.29, 0.717) is 6.04 Å². The number of nitrogens with two attached hydrogens (primary N) is 1. The van der Waals surface area contributed by atoms with Crippen LogP contribution in [0.4, 0.5) is 0 Å². The SMILES string of the molecule is CC(N)CCN(C)Cc1ccsc1. The summed E-state index contributed by atoms with van der Waals surface area (Å²) < 4.78 is 0. The fourth-order valence-corrected chi connectivity index (χ4v) is 1.86. The molecule has 2 N–H and O–H groups in total. The van der Waals surface area contributed by atoms with Gasteiger partial charge in [0.1, 0.15) is 0 Å². The van der Waals surface area contributed by atoms with Crippen LogP contribution in [0.5, 0.6) is 0 Å². The van der Waals surface area contributed by atoms with E-state index in [1.807, 2.05) is 0 Å². The largest absolute Gasteiger partial charge is 0.328 e. The molecule has 1 rings (SSSR count). The van der Waals surface area contributed by atoms with E-state index in [4.69, 9.17) is 5.73 Å². The van der Waals surface area contributed by atoms with Gasteiger partial charge >= 0.3 is 0 Å². The summed E-state index contributed by atoms with van der Waals surface area (Å²) in [7, 11) is 2.14. The summed E-state index contributed by atoms with van der Waals surface area (Å²) >= 11 is 1.75. The van der Waals surface area contributed by atoms with Crippen molar-refractivity contribution in [2.75, 3.05) is 13.6 Å². The van der Waals surface area contributed by atoms with Gasteiger partial charge in [-0.05, 0) is 49.3 Å². The monoisotopic (exact) mass is 198 g/mol. The molecule has 2 nitrogen and oxygen atoms in total. The molecule has 0 saturated heterocycles. The Bertz CT molecular complexity index is 219. The summed E-state index contributed by atoms with van der Waals surface area (Å²) in [6, 6.07) is 2.48. The van der Waals surface area contributed by atoms with E-state index in [2.05, 4.69) is 35.7 Å². The van der Waals surface area contributed by atoms with E-state index in [9.17, 15) is 0 Å². The minimum Gasteiger partial charge on any atom is -0.328 e. The lowest BCUT2D eigenvalue weighted by molar-refractivity contribution is 0.314. The normalized spacial score (nSPS) is 13.5. The first-order valence-corrected chi connectivity index (χ1v) is 5.58. The zero-order chi connectivity index (χ0) is 9.68. The summed E-state index contributed by atoms with van der Waals surface area (Å²) in [5.74, 6) is 0. The minimum atomic E-state index is 0.310. The molecule has 0 amide bonds. The van der Waals surface area contributed by atoms with E-state index < -0.39 is 0 Å². The third kappa shape index (κ3) is 4.41. The van der Waals surface area contributed by atoms with Crippen molar-refractivity contribution in [1.82, 2.24) is 4.90 Å². The molecule has 1 heterocycles. The topological polar surface area (TPSA) is 29.3 Å². The molecule has 0 aliphatic rings. The first kappa shape index (κ1) is 10.7.